The third-order valence-corrected chi connectivity index (χ3v) is 3.01. The maximum Gasteiger partial charge on any atom is 0.133 e. The molecule has 1 fully saturated rings. The lowest BCUT2D eigenvalue weighted by Gasteiger charge is -2.21. The van der Waals surface area contributed by atoms with Gasteiger partial charge in [-0.05, 0) is 26.7 Å². The molecular weight excluding hydrogens is 204 g/mol. The van der Waals surface area contributed by atoms with Gasteiger partial charge in [0.25, 0.3) is 0 Å². The number of nitrogens with zero attached hydrogens (tertiary/aromatic N) is 2. The maximum atomic E-state index is 9.50. The molecule has 0 bridgehead atoms. The minimum atomic E-state index is -0.503. The Balaban J connectivity index is 2.19. The van der Waals surface area contributed by atoms with Gasteiger partial charge in [-0.3, -0.25) is 0 Å². The highest BCUT2D eigenvalue weighted by Gasteiger charge is 2.19. The molecule has 1 saturated heterocycles. The average Bonchev–Trinajstić information content (AvgIpc) is 2.29. The fourth-order valence-electron chi connectivity index (χ4n) is 2.05. The zero-order valence-electron chi connectivity index (χ0n) is 9.81. The molecule has 88 valence electrons. The van der Waals surface area contributed by atoms with Crippen molar-refractivity contribution < 1.29 is 9.84 Å². The molecular formula is C12H18N2O2. The molecule has 1 N–H and O–H groups in total. The van der Waals surface area contributed by atoms with E-state index in [9.17, 15) is 5.11 Å². The summed E-state index contributed by atoms with van der Waals surface area (Å²) >= 11 is 0. The van der Waals surface area contributed by atoms with E-state index < -0.39 is 6.10 Å². The largest absolute Gasteiger partial charge is 0.389 e. The molecule has 0 aromatic carbocycles. The van der Waals surface area contributed by atoms with Crippen LogP contribution in [0.5, 0.6) is 0 Å². The summed E-state index contributed by atoms with van der Waals surface area (Å²) in [4.78, 5) is 8.80. The highest BCUT2D eigenvalue weighted by atomic mass is 16.5. The lowest BCUT2D eigenvalue weighted by atomic mass is 10.0. The number of ether oxygens (including phenoxy) is 1. The predicted molar refractivity (Wildman–Crippen MR) is 60.2 cm³/mol. The molecule has 0 radical (unpaired) electrons. The molecule has 0 spiro atoms. The zero-order valence-corrected chi connectivity index (χ0v) is 9.81. The average molecular weight is 222 g/mol. The van der Waals surface area contributed by atoms with Crippen molar-refractivity contribution in [2.75, 3.05) is 13.2 Å². The molecule has 1 aromatic heterocycles. The van der Waals surface area contributed by atoms with E-state index in [1.807, 2.05) is 6.92 Å². The van der Waals surface area contributed by atoms with Crippen LogP contribution in [0.1, 0.15) is 48.9 Å². The molecule has 0 amide bonds. The summed E-state index contributed by atoms with van der Waals surface area (Å²) in [5, 5.41) is 9.50. The lowest BCUT2D eigenvalue weighted by molar-refractivity contribution is 0.0779. The summed E-state index contributed by atoms with van der Waals surface area (Å²) in [5.74, 6) is 1.16. The number of aliphatic hydroxyl groups excluding tert-OH is 1. The molecule has 4 nitrogen and oxygen atoms in total. The van der Waals surface area contributed by atoms with Gasteiger partial charge in [0, 0.05) is 30.0 Å². The van der Waals surface area contributed by atoms with Crippen molar-refractivity contribution >= 4 is 0 Å². The van der Waals surface area contributed by atoms with Crippen LogP contribution >= 0.6 is 0 Å². The Morgan fingerprint density at radius 1 is 1.56 bits per heavy atom. The molecule has 1 aromatic rings. The van der Waals surface area contributed by atoms with Crippen LogP contribution in [0.25, 0.3) is 0 Å². The number of aliphatic hydroxyl groups is 1. The predicted octanol–water partition coefficient (Wildman–Crippen LogP) is 1.73. The van der Waals surface area contributed by atoms with Crippen LogP contribution in [0.15, 0.2) is 6.20 Å². The SMILES string of the molecule is Cc1nc(C2CCCOC2)ncc1[C@H](C)O. The number of rotatable bonds is 2. The Hall–Kier alpha value is -1.00. The first-order valence-corrected chi connectivity index (χ1v) is 5.77. The number of hydrogen-bond acceptors (Lipinski definition) is 4. The molecule has 16 heavy (non-hydrogen) atoms. The molecule has 2 atom stereocenters. The van der Waals surface area contributed by atoms with E-state index in [1.54, 1.807) is 13.1 Å². The van der Waals surface area contributed by atoms with Gasteiger partial charge in [0.05, 0.1) is 12.7 Å². The number of aromatic nitrogens is 2. The van der Waals surface area contributed by atoms with Crippen molar-refractivity contribution in [1.29, 1.82) is 0 Å². The normalized spacial score (nSPS) is 23.1. The summed E-state index contributed by atoms with van der Waals surface area (Å²) in [5.41, 5.74) is 1.67. The van der Waals surface area contributed by atoms with Gasteiger partial charge in [-0.2, -0.15) is 0 Å². The van der Waals surface area contributed by atoms with Gasteiger partial charge in [0.2, 0.25) is 0 Å². The summed E-state index contributed by atoms with van der Waals surface area (Å²) in [7, 11) is 0. The van der Waals surface area contributed by atoms with Crippen molar-refractivity contribution in [1.82, 2.24) is 9.97 Å². The Morgan fingerprint density at radius 2 is 2.38 bits per heavy atom. The first kappa shape index (κ1) is 11.5. The topological polar surface area (TPSA) is 55.2 Å². The lowest BCUT2D eigenvalue weighted by Crippen LogP contribution is -2.18. The molecule has 1 unspecified atom stereocenters. The summed E-state index contributed by atoms with van der Waals surface area (Å²) in [6.07, 6.45) is 3.40. The highest BCUT2D eigenvalue weighted by Crippen LogP contribution is 2.24. The van der Waals surface area contributed by atoms with Gasteiger partial charge < -0.3 is 9.84 Å². The Labute approximate surface area is 95.7 Å². The van der Waals surface area contributed by atoms with Crippen LogP contribution in [0.2, 0.25) is 0 Å². The molecule has 0 aliphatic carbocycles. The van der Waals surface area contributed by atoms with Gasteiger partial charge in [-0.25, -0.2) is 9.97 Å². The molecule has 1 aliphatic heterocycles. The van der Waals surface area contributed by atoms with Crippen LogP contribution in [0.4, 0.5) is 0 Å². The van der Waals surface area contributed by atoms with Gasteiger partial charge in [0.1, 0.15) is 5.82 Å². The van der Waals surface area contributed by atoms with Gasteiger partial charge in [-0.1, -0.05) is 0 Å². The van der Waals surface area contributed by atoms with Gasteiger partial charge in [0.15, 0.2) is 0 Å². The molecule has 2 rings (SSSR count). The first-order valence-electron chi connectivity index (χ1n) is 5.77. The molecule has 1 aliphatic rings. The van der Waals surface area contributed by atoms with E-state index in [0.717, 1.165) is 36.5 Å². The van der Waals surface area contributed by atoms with Crippen LogP contribution < -0.4 is 0 Å². The second-order valence-corrected chi connectivity index (χ2v) is 4.36. The summed E-state index contributed by atoms with van der Waals surface area (Å²) < 4.78 is 5.42. The number of aryl methyl sites for hydroxylation is 1. The van der Waals surface area contributed by atoms with Crippen molar-refractivity contribution in [3.05, 3.63) is 23.3 Å². The molecule has 2 heterocycles. The summed E-state index contributed by atoms with van der Waals surface area (Å²) in [6, 6.07) is 0. The monoisotopic (exact) mass is 222 g/mol. The van der Waals surface area contributed by atoms with Crippen molar-refractivity contribution in [2.24, 2.45) is 0 Å². The van der Waals surface area contributed by atoms with E-state index in [-0.39, 0.29) is 0 Å². The van der Waals surface area contributed by atoms with Crippen LogP contribution in [0.3, 0.4) is 0 Å². The summed E-state index contributed by atoms with van der Waals surface area (Å²) in [6.45, 7) is 5.21. The molecule has 4 heteroatoms. The third-order valence-electron chi connectivity index (χ3n) is 3.01. The highest BCUT2D eigenvalue weighted by molar-refractivity contribution is 5.19. The smallest absolute Gasteiger partial charge is 0.133 e. The van der Waals surface area contributed by atoms with Gasteiger partial charge in [-0.15, -0.1) is 0 Å². The van der Waals surface area contributed by atoms with Crippen LogP contribution in [-0.4, -0.2) is 28.3 Å². The van der Waals surface area contributed by atoms with E-state index in [0.29, 0.717) is 12.5 Å². The van der Waals surface area contributed by atoms with Crippen molar-refractivity contribution in [2.45, 2.75) is 38.7 Å². The standard InChI is InChI=1S/C12H18N2O2/c1-8-11(9(2)15)6-13-12(14-8)10-4-3-5-16-7-10/h6,9-10,15H,3-5,7H2,1-2H3/t9-,10?/m0/s1. The Kier molecular flexibility index (Phi) is 3.51. The van der Waals surface area contributed by atoms with Crippen molar-refractivity contribution in [3.8, 4) is 0 Å². The zero-order chi connectivity index (χ0) is 11.5. The fourth-order valence-corrected chi connectivity index (χ4v) is 2.05. The second kappa shape index (κ2) is 4.89. The van der Waals surface area contributed by atoms with E-state index >= 15 is 0 Å². The third kappa shape index (κ3) is 2.39. The van der Waals surface area contributed by atoms with Crippen LogP contribution in [-0.2, 0) is 4.74 Å². The second-order valence-electron chi connectivity index (χ2n) is 4.36. The first-order chi connectivity index (χ1) is 7.68. The van der Waals surface area contributed by atoms with E-state index in [2.05, 4.69) is 9.97 Å². The minimum Gasteiger partial charge on any atom is -0.389 e. The van der Waals surface area contributed by atoms with Gasteiger partial charge >= 0.3 is 0 Å². The fraction of sp³-hybridized carbons (Fsp3) is 0.667. The maximum absolute atomic E-state index is 9.50. The Bertz CT molecular complexity index is 360. The van der Waals surface area contributed by atoms with E-state index in [1.165, 1.54) is 0 Å². The van der Waals surface area contributed by atoms with Crippen molar-refractivity contribution in [3.63, 3.8) is 0 Å². The number of hydrogen-bond donors (Lipinski definition) is 1. The quantitative estimate of drug-likeness (QED) is 0.828. The minimum absolute atomic E-state index is 0.315. The van der Waals surface area contributed by atoms with Crippen LogP contribution in [0, 0.1) is 6.92 Å². The Morgan fingerprint density at radius 3 is 2.94 bits per heavy atom. The molecule has 0 saturated carbocycles. The van der Waals surface area contributed by atoms with E-state index in [4.69, 9.17) is 4.74 Å².